The molecule has 3 aliphatic carbocycles. The number of Topliss-reactive ketones (excluding diaryl/α,β-unsaturated/α-hetero) is 1. The number of carbonyl (C=O) groups is 3. The fourth-order valence-electron chi connectivity index (χ4n) is 5.95. The molecule has 5 rings (SSSR count). The van der Waals surface area contributed by atoms with E-state index in [1.165, 1.54) is 24.3 Å². The zero-order chi connectivity index (χ0) is 33.5. The summed E-state index contributed by atoms with van der Waals surface area (Å²) in [5.41, 5.74) is -1.47. The number of amides is 1. The summed E-state index contributed by atoms with van der Waals surface area (Å²) in [6, 6.07) is 7.66. The molecule has 0 unspecified atom stereocenters. The summed E-state index contributed by atoms with van der Waals surface area (Å²) in [6.07, 6.45) is 1.81. The zero-order valence-electron chi connectivity index (χ0n) is 24.6. The summed E-state index contributed by atoms with van der Waals surface area (Å²) in [5.74, 6) is -2.42. The molecule has 0 aromatic heterocycles. The van der Waals surface area contributed by atoms with Crippen LogP contribution < -0.4 is 14.8 Å². The lowest BCUT2D eigenvalue weighted by Gasteiger charge is -2.57. The number of halogens is 4. The van der Waals surface area contributed by atoms with Crippen LogP contribution in [-0.4, -0.2) is 58.9 Å². The van der Waals surface area contributed by atoms with Crippen LogP contribution in [0.1, 0.15) is 57.8 Å². The first-order chi connectivity index (χ1) is 21.7. The molecule has 0 aliphatic heterocycles. The number of carbonyl (C=O) groups excluding carboxylic acids is 3. The molecule has 0 heterocycles. The molecular formula is C30H34Cl2F2NO10P. The van der Waals surface area contributed by atoms with Gasteiger partial charge in [-0.2, -0.15) is 0 Å². The minimum atomic E-state index is -4.61. The normalized spacial score (nSPS) is 22.3. The lowest BCUT2D eigenvalue weighted by molar-refractivity contribution is -0.175. The van der Waals surface area contributed by atoms with Crippen LogP contribution in [0.4, 0.5) is 8.78 Å². The van der Waals surface area contributed by atoms with Crippen LogP contribution >= 0.6 is 31.0 Å². The first kappa shape index (κ1) is 36.0. The zero-order valence-corrected chi connectivity index (χ0v) is 27.1. The molecule has 2 aromatic carbocycles. The second-order valence-corrected chi connectivity index (χ2v) is 13.7. The Bertz CT molecular complexity index is 1480. The molecule has 3 aliphatic rings. The SMILES string of the molecule is O=C(COc1ccc(Cl)c(F)c1)CC12CCC(NC(=O)COc3ccc(Cl)c(F)c3)(CC1)C[C@@H]2OC(=O)CCCCOP(=O)(O)O. The highest BCUT2D eigenvalue weighted by molar-refractivity contribution is 7.46. The van der Waals surface area contributed by atoms with Crippen LogP contribution in [-0.2, 0) is 28.2 Å². The van der Waals surface area contributed by atoms with Crippen molar-refractivity contribution in [2.75, 3.05) is 19.8 Å². The van der Waals surface area contributed by atoms with Gasteiger partial charge < -0.3 is 29.3 Å². The average Bonchev–Trinajstić information content (AvgIpc) is 2.98. The lowest BCUT2D eigenvalue weighted by Crippen LogP contribution is -2.63. The van der Waals surface area contributed by atoms with Crippen LogP contribution in [0.25, 0.3) is 0 Å². The van der Waals surface area contributed by atoms with Gasteiger partial charge in [-0.3, -0.25) is 18.9 Å². The van der Waals surface area contributed by atoms with Crippen LogP contribution in [0.2, 0.25) is 10.0 Å². The number of phosphoric acid groups is 1. The predicted octanol–water partition coefficient (Wildman–Crippen LogP) is 5.70. The highest BCUT2D eigenvalue weighted by Gasteiger charge is 2.57. The molecule has 0 spiro atoms. The first-order valence-electron chi connectivity index (χ1n) is 14.6. The van der Waals surface area contributed by atoms with Gasteiger partial charge in [-0.05, 0) is 62.8 Å². The molecule has 2 bridgehead atoms. The van der Waals surface area contributed by atoms with E-state index in [0.29, 0.717) is 25.7 Å². The molecule has 3 N–H and O–H groups in total. The largest absolute Gasteiger partial charge is 0.486 e. The van der Waals surface area contributed by atoms with Crippen molar-refractivity contribution in [2.24, 2.45) is 5.41 Å². The number of rotatable bonds is 16. The van der Waals surface area contributed by atoms with Crippen LogP contribution in [0.15, 0.2) is 36.4 Å². The summed E-state index contributed by atoms with van der Waals surface area (Å²) in [6.45, 7) is -0.972. The molecule has 252 valence electrons. The molecule has 11 nitrogen and oxygen atoms in total. The van der Waals surface area contributed by atoms with E-state index in [2.05, 4.69) is 9.84 Å². The van der Waals surface area contributed by atoms with E-state index < -0.39 is 55.0 Å². The van der Waals surface area contributed by atoms with Crippen LogP contribution in [0.5, 0.6) is 11.5 Å². The number of hydrogen-bond donors (Lipinski definition) is 3. The third-order valence-corrected chi connectivity index (χ3v) is 9.41. The Hall–Kier alpha value is -2.80. The first-order valence-corrected chi connectivity index (χ1v) is 16.8. The maximum atomic E-state index is 13.8. The van der Waals surface area contributed by atoms with Crippen LogP contribution in [0, 0.1) is 17.0 Å². The van der Waals surface area contributed by atoms with Crippen molar-refractivity contribution >= 4 is 48.7 Å². The van der Waals surface area contributed by atoms with Crippen LogP contribution in [0.3, 0.4) is 0 Å². The van der Waals surface area contributed by atoms with E-state index in [4.69, 9.17) is 47.2 Å². The second kappa shape index (κ2) is 15.4. The fraction of sp³-hybridized carbons (Fsp3) is 0.500. The van der Waals surface area contributed by atoms with E-state index in [9.17, 15) is 27.7 Å². The quantitative estimate of drug-likeness (QED) is 0.112. The summed E-state index contributed by atoms with van der Waals surface area (Å²) in [4.78, 5) is 56.5. The number of esters is 1. The third kappa shape index (κ3) is 10.1. The van der Waals surface area contributed by atoms with Gasteiger partial charge in [0.05, 0.1) is 16.7 Å². The van der Waals surface area contributed by atoms with Gasteiger partial charge in [0.1, 0.15) is 35.8 Å². The molecule has 0 radical (unpaired) electrons. The highest BCUT2D eigenvalue weighted by Crippen LogP contribution is 2.55. The summed E-state index contributed by atoms with van der Waals surface area (Å²) in [5, 5.41) is 2.84. The van der Waals surface area contributed by atoms with Gasteiger partial charge in [0.2, 0.25) is 0 Å². The summed E-state index contributed by atoms with van der Waals surface area (Å²) < 4.78 is 59.6. The van der Waals surface area contributed by atoms with Crippen molar-refractivity contribution in [3.05, 3.63) is 58.1 Å². The Morgan fingerprint density at radius 3 is 2.07 bits per heavy atom. The van der Waals surface area contributed by atoms with Crippen molar-refractivity contribution in [1.29, 1.82) is 0 Å². The van der Waals surface area contributed by atoms with Gasteiger partial charge in [-0.15, -0.1) is 0 Å². The van der Waals surface area contributed by atoms with Crippen molar-refractivity contribution in [1.82, 2.24) is 5.32 Å². The monoisotopic (exact) mass is 707 g/mol. The summed E-state index contributed by atoms with van der Waals surface area (Å²) >= 11 is 11.4. The molecule has 3 saturated carbocycles. The van der Waals surface area contributed by atoms with Gasteiger partial charge in [0, 0.05) is 42.3 Å². The number of fused-ring (bicyclic) bond motifs is 3. The number of phosphoric ester groups is 1. The van der Waals surface area contributed by atoms with Gasteiger partial charge in [0.15, 0.2) is 12.4 Å². The van der Waals surface area contributed by atoms with E-state index in [-0.39, 0.29) is 72.6 Å². The molecule has 3 fully saturated rings. The topological polar surface area (TPSA) is 158 Å². The van der Waals surface area contributed by atoms with Gasteiger partial charge in [-0.1, -0.05) is 23.2 Å². The molecule has 2 aromatic rings. The van der Waals surface area contributed by atoms with E-state index in [1.54, 1.807) is 0 Å². The number of ketones is 1. The Morgan fingerprint density at radius 2 is 1.50 bits per heavy atom. The number of hydrogen-bond acceptors (Lipinski definition) is 8. The Balaban J connectivity index is 1.39. The summed E-state index contributed by atoms with van der Waals surface area (Å²) in [7, 11) is -4.61. The molecule has 0 saturated heterocycles. The minimum Gasteiger partial charge on any atom is -0.486 e. The maximum Gasteiger partial charge on any atom is 0.469 e. The van der Waals surface area contributed by atoms with Crippen molar-refractivity contribution in [3.63, 3.8) is 0 Å². The van der Waals surface area contributed by atoms with Gasteiger partial charge in [0.25, 0.3) is 5.91 Å². The van der Waals surface area contributed by atoms with Crippen molar-refractivity contribution in [3.8, 4) is 11.5 Å². The Morgan fingerprint density at radius 1 is 0.913 bits per heavy atom. The number of nitrogens with one attached hydrogen (secondary N) is 1. The molecular weight excluding hydrogens is 674 g/mol. The smallest absolute Gasteiger partial charge is 0.469 e. The van der Waals surface area contributed by atoms with Crippen molar-refractivity contribution in [2.45, 2.75) is 69.4 Å². The van der Waals surface area contributed by atoms with E-state index >= 15 is 0 Å². The average molecular weight is 708 g/mol. The predicted molar refractivity (Wildman–Crippen MR) is 162 cm³/mol. The molecule has 1 amide bonds. The standard InChI is InChI=1S/C30H34Cl2F2NO10P/c31-22-6-4-20(13-24(22)33)42-17-19(36)15-29-8-10-30(11-9-29,35-27(37)18-43-21-5-7-23(32)25(34)14-21)16-26(29)45-28(38)3-1-2-12-44-46(39,40)41/h4-7,13-14,26H,1-3,8-12,15-18H2,(H,35,37)(H2,39,40,41)/t26-,29?,30?/m0/s1. The molecule has 1 atom stereocenters. The lowest BCUT2D eigenvalue weighted by atomic mass is 9.54. The second-order valence-electron chi connectivity index (χ2n) is 11.6. The van der Waals surface area contributed by atoms with Gasteiger partial charge in [-0.25, -0.2) is 13.3 Å². The molecule has 16 heteroatoms. The third-order valence-electron chi connectivity index (χ3n) is 8.28. The number of unbranched alkanes of at least 4 members (excludes halogenated alkanes) is 1. The number of benzene rings is 2. The highest BCUT2D eigenvalue weighted by atomic mass is 35.5. The Labute approximate surface area is 274 Å². The minimum absolute atomic E-state index is 0.0203. The number of ether oxygens (including phenoxy) is 3. The van der Waals surface area contributed by atoms with Crippen molar-refractivity contribution < 1.29 is 56.3 Å². The van der Waals surface area contributed by atoms with E-state index in [1.807, 2.05) is 0 Å². The molecule has 46 heavy (non-hydrogen) atoms. The fourth-order valence-corrected chi connectivity index (χ4v) is 6.55. The Kier molecular flexibility index (Phi) is 12.1. The van der Waals surface area contributed by atoms with E-state index in [0.717, 1.165) is 12.1 Å². The maximum absolute atomic E-state index is 13.8. The van der Waals surface area contributed by atoms with Gasteiger partial charge >= 0.3 is 13.8 Å².